The Bertz CT molecular complexity index is 886. The van der Waals surface area contributed by atoms with E-state index in [4.69, 9.17) is 9.47 Å². The van der Waals surface area contributed by atoms with Crippen molar-refractivity contribution in [2.24, 2.45) is 11.8 Å². The van der Waals surface area contributed by atoms with Crippen LogP contribution in [0.2, 0.25) is 0 Å². The molecule has 0 aliphatic carbocycles. The second-order valence-corrected chi connectivity index (χ2v) is 7.74. The summed E-state index contributed by atoms with van der Waals surface area (Å²) in [4.78, 5) is 12.2. The minimum atomic E-state index is -0.776. The van der Waals surface area contributed by atoms with E-state index < -0.39 is 11.9 Å². The summed E-state index contributed by atoms with van der Waals surface area (Å²) in [6.45, 7) is 2.04. The molecule has 0 spiro atoms. The molecule has 5 atom stereocenters. The minimum absolute atomic E-state index is 0.0760. The van der Waals surface area contributed by atoms with Gasteiger partial charge in [0.1, 0.15) is 11.5 Å². The highest BCUT2D eigenvalue weighted by molar-refractivity contribution is 5.71. The van der Waals surface area contributed by atoms with Gasteiger partial charge in [-0.3, -0.25) is 10.1 Å². The number of hydrogen-bond acceptors (Lipinski definition) is 6. The van der Waals surface area contributed by atoms with E-state index >= 15 is 0 Å². The number of benzene rings is 2. The Hall–Kier alpha value is -2.61. The van der Waals surface area contributed by atoms with Crippen molar-refractivity contribution in [3.8, 4) is 11.5 Å². The molecule has 0 radical (unpaired) electrons. The zero-order valence-corrected chi connectivity index (χ0v) is 16.8. The number of fused-ring (bicyclic) bond motifs is 1. The SMILES string of the molecule is COc1ccc(C2CC(C(=O)O)C3C(NNC3c3ccc(C)cc3)N2)c(OC)c1. The van der Waals surface area contributed by atoms with Crippen LogP contribution in [0.5, 0.6) is 11.5 Å². The number of aliphatic carboxylic acids is 1. The number of carbonyl (C=O) groups is 1. The largest absolute Gasteiger partial charge is 0.497 e. The zero-order chi connectivity index (χ0) is 20.5. The normalized spacial score (nSPS) is 28.6. The number of hydrogen-bond donors (Lipinski definition) is 4. The molecule has 154 valence electrons. The molecule has 2 heterocycles. The van der Waals surface area contributed by atoms with Crippen molar-refractivity contribution in [3.63, 3.8) is 0 Å². The van der Waals surface area contributed by atoms with Crippen molar-refractivity contribution < 1.29 is 19.4 Å². The van der Waals surface area contributed by atoms with Crippen LogP contribution < -0.4 is 25.6 Å². The molecular weight excluding hydrogens is 370 g/mol. The molecule has 2 saturated heterocycles. The third kappa shape index (κ3) is 3.69. The van der Waals surface area contributed by atoms with E-state index in [1.807, 2.05) is 25.1 Å². The van der Waals surface area contributed by atoms with E-state index in [-0.39, 0.29) is 24.2 Å². The fourth-order valence-electron chi connectivity index (χ4n) is 4.55. The monoisotopic (exact) mass is 397 g/mol. The lowest BCUT2D eigenvalue weighted by Crippen LogP contribution is -2.53. The van der Waals surface area contributed by atoms with Gasteiger partial charge in [0.05, 0.1) is 32.3 Å². The second kappa shape index (κ2) is 8.02. The molecule has 0 aromatic heterocycles. The van der Waals surface area contributed by atoms with Crippen molar-refractivity contribution in [2.45, 2.75) is 31.6 Å². The third-order valence-corrected chi connectivity index (χ3v) is 6.07. The molecule has 2 aromatic carbocycles. The fourth-order valence-corrected chi connectivity index (χ4v) is 4.55. The van der Waals surface area contributed by atoms with Crippen molar-refractivity contribution >= 4 is 5.97 Å². The van der Waals surface area contributed by atoms with E-state index in [1.54, 1.807) is 14.2 Å². The number of piperidine rings is 1. The first kappa shape index (κ1) is 19.7. The predicted molar refractivity (Wildman–Crippen MR) is 109 cm³/mol. The lowest BCUT2D eigenvalue weighted by Gasteiger charge is -2.39. The maximum Gasteiger partial charge on any atom is 0.307 e. The van der Waals surface area contributed by atoms with Crippen LogP contribution in [0.15, 0.2) is 42.5 Å². The molecule has 0 bridgehead atoms. The van der Waals surface area contributed by atoms with Gasteiger partial charge in [-0.1, -0.05) is 35.9 Å². The quantitative estimate of drug-likeness (QED) is 0.616. The van der Waals surface area contributed by atoms with Crippen LogP contribution >= 0.6 is 0 Å². The van der Waals surface area contributed by atoms with Gasteiger partial charge in [0.15, 0.2) is 0 Å². The van der Waals surface area contributed by atoms with Gasteiger partial charge >= 0.3 is 5.97 Å². The topological polar surface area (TPSA) is 91.9 Å². The van der Waals surface area contributed by atoms with Crippen molar-refractivity contribution in [2.75, 3.05) is 14.2 Å². The number of ether oxygens (including phenoxy) is 2. The maximum absolute atomic E-state index is 12.2. The van der Waals surface area contributed by atoms with Crippen LogP contribution in [0.3, 0.4) is 0 Å². The van der Waals surface area contributed by atoms with Crippen LogP contribution in [-0.2, 0) is 4.79 Å². The summed E-state index contributed by atoms with van der Waals surface area (Å²) in [6, 6.07) is 13.7. The molecule has 29 heavy (non-hydrogen) atoms. The number of nitrogens with one attached hydrogen (secondary N) is 3. The molecule has 7 heteroatoms. The summed E-state index contributed by atoms with van der Waals surface area (Å²) in [6.07, 6.45) is 0.304. The Kier molecular flexibility index (Phi) is 5.45. The van der Waals surface area contributed by atoms with Gasteiger partial charge in [-0.2, -0.15) is 0 Å². The van der Waals surface area contributed by atoms with Crippen LogP contribution in [0.4, 0.5) is 0 Å². The van der Waals surface area contributed by atoms with Crippen molar-refractivity contribution in [3.05, 3.63) is 59.2 Å². The summed E-state index contributed by atoms with van der Waals surface area (Å²) >= 11 is 0. The highest BCUT2D eigenvalue weighted by atomic mass is 16.5. The Labute approximate surface area is 170 Å². The van der Waals surface area contributed by atoms with Gasteiger partial charge in [-0.05, 0) is 25.0 Å². The minimum Gasteiger partial charge on any atom is -0.497 e. The molecule has 4 N–H and O–H groups in total. The standard InChI is InChI=1S/C22H27N3O4/c1-12-4-6-13(7-5-12)20-19-16(22(26)27)11-17(23-21(19)25-24-20)15-9-8-14(28-2)10-18(15)29-3/h4-10,16-17,19-21,23-25H,11H2,1-3H3,(H,26,27). The molecular formula is C22H27N3O4. The molecule has 2 aliphatic rings. The summed E-state index contributed by atoms with van der Waals surface area (Å²) in [5.41, 5.74) is 9.78. The molecule has 4 rings (SSSR count). The zero-order valence-electron chi connectivity index (χ0n) is 16.8. The average Bonchev–Trinajstić information content (AvgIpc) is 3.17. The third-order valence-electron chi connectivity index (χ3n) is 6.07. The van der Waals surface area contributed by atoms with Gasteiger partial charge in [-0.15, -0.1) is 0 Å². The van der Waals surface area contributed by atoms with Crippen LogP contribution in [0.1, 0.15) is 35.2 Å². The number of hydrazine groups is 1. The van der Waals surface area contributed by atoms with Gasteiger partial charge in [-0.25, -0.2) is 10.9 Å². The first-order valence-electron chi connectivity index (χ1n) is 9.80. The second-order valence-electron chi connectivity index (χ2n) is 7.74. The Morgan fingerprint density at radius 2 is 1.83 bits per heavy atom. The van der Waals surface area contributed by atoms with E-state index in [9.17, 15) is 9.90 Å². The average molecular weight is 397 g/mol. The number of methoxy groups -OCH3 is 2. The number of rotatable bonds is 5. The molecule has 5 unspecified atom stereocenters. The highest BCUT2D eigenvalue weighted by Crippen LogP contribution is 2.44. The van der Waals surface area contributed by atoms with Crippen LogP contribution in [0, 0.1) is 18.8 Å². The first-order valence-corrected chi connectivity index (χ1v) is 9.80. The van der Waals surface area contributed by atoms with Gasteiger partial charge < -0.3 is 14.6 Å². The molecule has 2 aliphatic heterocycles. The summed E-state index contributed by atoms with van der Waals surface area (Å²) in [5, 5.41) is 13.6. The van der Waals surface area contributed by atoms with E-state index in [2.05, 4.69) is 40.4 Å². The Balaban J connectivity index is 1.63. The Morgan fingerprint density at radius 1 is 1.07 bits per heavy atom. The van der Waals surface area contributed by atoms with Crippen molar-refractivity contribution in [1.82, 2.24) is 16.2 Å². The predicted octanol–water partition coefficient (Wildman–Crippen LogP) is 2.54. The number of carboxylic acids is 1. The summed E-state index contributed by atoms with van der Waals surface area (Å²) in [7, 11) is 3.22. The smallest absolute Gasteiger partial charge is 0.307 e. The van der Waals surface area contributed by atoms with E-state index in [1.165, 1.54) is 5.56 Å². The van der Waals surface area contributed by atoms with Gasteiger partial charge in [0.2, 0.25) is 0 Å². The summed E-state index contributed by atoms with van der Waals surface area (Å²) in [5.74, 6) is -0.0104. The van der Waals surface area contributed by atoms with Gasteiger partial charge in [0, 0.05) is 23.6 Å². The Morgan fingerprint density at radius 3 is 2.48 bits per heavy atom. The van der Waals surface area contributed by atoms with Gasteiger partial charge in [0.25, 0.3) is 0 Å². The van der Waals surface area contributed by atoms with Crippen LogP contribution in [0.25, 0.3) is 0 Å². The van der Waals surface area contributed by atoms with E-state index in [0.717, 1.165) is 11.1 Å². The molecule has 7 nitrogen and oxygen atoms in total. The summed E-state index contributed by atoms with van der Waals surface area (Å²) < 4.78 is 10.8. The van der Waals surface area contributed by atoms with Crippen molar-refractivity contribution in [1.29, 1.82) is 0 Å². The lowest BCUT2D eigenvalue weighted by molar-refractivity contribution is -0.146. The van der Waals surface area contributed by atoms with E-state index in [0.29, 0.717) is 17.9 Å². The first-order chi connectivity index (χ1) is 14.0. The fraction of sp³-hybridized carbons (Fsp3) is 0.409. The molecule has 2 aromatic rings. The molecule has 2 fully saturated rings. The lowest BCUT2D eigenvalue weighted by atomic mass is 9.74. The number of carboxylic acid groups (broad SMARTS) is 1. The van der Waals surface area contributed by atoms with Crippen LogP contribution in [-0.4, -0.2) is 31.5 Å². The number of aryl methyl sites for hydroxylation is 1. The molecule has 0 saturated carbocycles. The maximum atomic E-state index is 12.2. The highest BCUT2D eigenvalue weighted by Gasteiger charge is 2.49. The molecule has 0 amide bonds.